The fraction of sp³-hybridized carbons (Fsp3) is 0. The van der Waals surface area contributed by atoms with Gasteiger partial charge in [0.1, 0.15) is 0 Å². The van der Waals surface area contributed by atoms with Crippen LogP contribution in [0.15, 0.2) is 133 Å². The van der Waals surface area contributed by atoms with Crippen molar-refractivity contribution in [1.29, 1.82) is 0 Å². The van der Waals surface area contributed by atoms with Crippen molar-refractivity contribution in [3.8, 4) is 11.4 Å². The molecule has 0 unspecified atom stereocenters. The second-order valence-corrected chi connectivity index (χ2v) is 10.3. The first kappa shape index (κ1) is 20.7. The van der Waals surface area contributed by atoms with E-state index in [-0.39, 0.29) is 0 Å². The molecule has 0 aliphatic rings. The molecule has 3 heterocycles. The number of nitrogens with zero attached hydrogens (tertiary/aromatic N) is 2. The molecule has 0 fully saturated rings. The fourth-order valence-corrected chi connectivity index (χ4v) is 6.70. The Morgan fingerprint density at radius 1 is 0.333 bits per heavy atom. The molecule has 0 spiro atoms. The van der Waals surface area contributed by atoms with Gasteiger partial charge in [-0.1, -0.05) is 84.9 Å². The summed E-state index contributed by atoms with van der Waals surface area (Å²) in [5.41, 5.74) is 9.51. The van der Waals surface area contributed by atoms with Crippen LogP contribution in [-0.2, 0) is 0 Å². The Morgan fingerprint density at radius 3 is 1.03 bits per heavy atom. The van der Waals surface area contributed by atoms with E-state index in [2.05, 4.69) is 148 Å². The Balaban J connectivity index is 1.48. The molecule has 0 atom stereocenters. The summed E-state index contributed by atoms with van der Waals surface area (Å²) >= 11 is 0. The summed E-state index contributed by atoms with van der Waals surface area (Å²) in [7, 11) is 0. The van der Waals surface area contributed by atoms with Gasteiger partial charge in [-0.3, -0.25) is 0 Å². The van der Waals surface area contributed by atoms with Crippen LogP contribution >= 0.6 is 0 Å². The second kappa shape index (κ2) is 7.62. The summed E-state index contributed by atoms with van der Waals surface area (Å²) in [5.74, 6) is 0. The molecular weight excluding hydrogens is 474 g/mol. The number of aromatic amines is 1. The zero-order chi connectivity index (χ0) is 25.5. The van der Waals surface area contributed by atoms with Crippen molar-refractivity contribution in [3.05, 3.63) is 133 Å². The number of rotatable bonds is 2. The van der Waals surface area contributed by atoms with Crippen LogP contribution in [0.5, 0.6) is 0 Å². The summed E-state index contributed by atoms with van der Waals surface area (Å²) in [5, 5.41) is 7.55. The largest absolute Gasteiger partial charge is 0.354 e. The topological polar surface area (TPSA) is 25.6 Å². The molecule has 0 saturated carbocycles. The van der Waals surface area contributed by atoms with Gasteiger partial charge >= 0.3 is 0 Å². The molecule has 0 amide bonds. The number of nitrogens with one attached hydrogen (secondary N) is 1. The molecule has 3 aromatic heterocycles. The third-order valence-corrected chi connectivity index (χ3v) is 8.25. The van der Waals surface area contributed by atoms with E-state index < -0.39 is 0 Å². The lowest BCUT2D eigenvalue weighted by Gasteiger charge is -2.13. The summed E-state index contributed by atoms with van der Waals surface area (Å²) in [6.07, 6.45) is 0. The average Bonchev–Trinajstić information content (AvgIpc) is 3.65. The average molecular weight is 498 g/mol. The van der Waals surface area contributed by atoms with Crippen LogP contribution in [0.4, 0.5) is 0 Å². The van der Waals surface area contributed by atoms with Crippen LogP contribution in [0.25, 0.3) is 76.8 Å². The molecule has 6 aromatic carbocycles. The maximum Gasteiger partial charge on any atom is 0.0563 e. The van der Waals surface area contributed by atoms with Gasteiger partial charge in [0.05, 0.1) is 33.4 Å². The van der Waals surface area contributed by atoms with Gasteiger partial charge in [0, 0.05) is 43.4 Å². The number of fused-ring (bicyclic) bond motifs is 9. The van der Waals surface area contributed by atoms with Gasteiger partial charge in [0.15, 0.2) is 0 Å². The Morgan fingerprint density at radius 2 is 0.667 bits per heavy atom. The van der Waals surface area contributed by atoms with E-state index in [1.807, 2.05) is 0 Å². The zero-order valence-corrected chi connectivity index (χ0v) is 21.1. The summed E-state index contributed by atoms with van der Waals surface area (Å²) in [4.78, 5) is 3.75. The van der Waals surface area contributed by atoms with Crippen molar-refractivity contribution in [2.45, 2.75) is 0 Å². The van der Waals surface area contributed by atoms with E-state index >= 15 is 0 Å². The van der Waals surface area contributed by atoms with Gasteiger partial charge in [0.2, 0.25) is 0 Å². The first-order chi connectivity index (χ1) is 19.4. The number of aromatic nitrogens is 3. The lowest BCUT2D eigenvalue weighted by atomic mass is 10.1. The molecule has 0 saturated heterocycles. The van der Waals surface area contributed by atoms with Gasteiger partial charge in [0.25, 0.3) is 0 Å². The number of hydrogen-bond acceptors (Lipinski definition) is 0. The molecule has 0 bridgehead atoms. The highest BCUT2D eigenvalue weighted by Crippen LogP contribution is 2.41. The molecular formula is C36H23N3. The lowest BCUT2D eigenvalue weighted by Crippen LogP contribution is -1.97. The maximum absolute atomic E-state index is 3.75. The molecule has 1 N–H and O–H groups in total. The standard InChI is InChI=1S/C36H23N3/c1-5-17-29-23(11-1)24-12-2-6-18-30(24)38(29)33-21-9-15-27-35(33)36-28(37-27)16-10-22-34(36)39-31-19-7-3-13-25(31)26-14-4-8-20-32(26)39/h1-22,37H. The van der Waals surface area contributed by atoms with Crippen molar-refractivity contribution in [2.24, 2.45) is 0 Å². The minimum absolute atomic E-state index is 1.14. The quantitative estimate of drug-likeness (QED) is 0.246. The fourth-order valence-electron chi connectivity index (χ4n) is 6.70. The SMILES string of the molecule is c1cc(-n2c3ccccc3c3ccccc32)c2c(c1)[nH]c1cccc(-n3c4ccccc4c4ccccc43)c12. The first-order valence-electron chi connectivity index (χ1n) is 13.4. The predicted molar refractivity (Wildman–Crippen MR) is 164 cm³/mol. The highest BCUT2D eigenvalue weighted by Gasteiger charge is 2.20. The minimum atomic E-state index is 1.14. The molecule has 0 aliphatic heterocycles. The Kier molecular flexibility index (Phi) is 4.05. The molecule has 0 aliphatic carbocycles. The van der Waals surface area contributed by atoms with Crippen molar-refractivity contribution in [3.63, 3.8) is 0 Å². The van der Waals surface area contributed by atoms with Crippen molar-refractivity contribution < 1.29 is 0 Å². The molecule has 3 heteroatoms. The maximum atomic E-state index is 3.75. The van der Waals surface area contributed by atoms with E-state index in [4.69, 9.17) is 0 Å². The first-order valence-corrected chi connectivity index (χ1v) is 13.4. The van der Waals surface area contributed by atoms with Gasteiger partial charge in [-0.05, 0) is 48.5 Å². The van der Waals surface area contributed by atoms with E-state index in [9.17, 15) is 0 Å². The number of hydrogen-bond donors (Lipinski definition) is 1. The highest BCUT2D eigenvalue weighted by molar-refractivity contribution is 6.19. The lowest BCUT2D eigenvalue weighted by molar-refractivity contribution is 1.19. The number of H-pyrrole nitrogens is 1. The van der Waals surface area contributed by atoms with Crippen LogP contribution in [0.3, 0.4) is 0 Å². The number of benzene rings is 6. The summed E-state index contributed by atoms with van der Waals surface area (Å²) in [6.45, 7) is 0. The smallest absolute Gasteiger partial charge is 0.0563 e. The molecule has 9 rings (SSSR count). The predicted octanol–water partition coefficient (Wildman–Crippen LogP) is 9.52. The summed E-state index contributed by atoms with van der Waals surface area (Å²) < 4.78 is 4.87. The highest BCUT2D eigenvalue weighted by atomic mass is 15.0. The summed E-state index contributed by atoms with van der Waals surface area (Å²) in [6, 6.07) is 48.2. The van der Waals surface area contributed by atoms with Crippen molar-refractivity contribution in [1.82, 2.24) is 14.1 Å². The van der Waals surface area contributed by atoms with Crippen molar-refractivity contribution in [2.75, 3.05) is 0 Å². The zero-order valence-electron chi connectivity index (χ0n) is 21.1. The van der Waals surface area contributed by atoms with E-state index in [0.717, 1.165) is 11.0 Å². The minimum Gasteiger partial charge on any atom is -0.354 e. The van der Waals surface area contributed by atoms with E-state index in [0.29, 0.717) is 0 Å². The third-order valence-electron chi connectivity index (χ3n) is 8.25. The van der Waals surface area contributed by atoms with E-state index in [1.165, 1.54) is 65.8 Å². The third kappa shape index (κ3) is 2.71. The molecule has 9 aromatic rings. The van der Waals surface area contributed by atoms with Gasteiger partial charge in [-0.15, -0.1) is 0 Å². The van der Waals surface area contributed by atoms with Crippen LogP contribution in [0.1, 0.15) is 0 Å². The van der Waals surface area contributed by atoms with E-state index in [1.54, 1.807) is 0 Å². The molecule has 39 heavy (non-hydrogen) atoms. The molecule has 182 valence electrons. The van der Waals surface area contributed by atoms with Crippen LogP contribution < -0.4 is 0 Å². The van der Waals surface area contributed by atoms with Crippen LogP contribution in [0, 0.1) is 0 Å². The molecule has 3 nitrogen and oxygen atoms in total. The normalized spacial score (nSPS) is 12.1. The Bertz CT molecular complexity index is 2120. The van der Waals surface area contributed by atoms with Crippen molar-refractivity contribution >= 4 is 65.4 Å². The van der Waals surface area contributed by atoms with Gasteiger partial charge in [-0.25, -0.2) is 0 Å². The van der Waals surface area contributed by atoms with Crippen LogP contribution in [0.2, 0.25) is 0 Å². The van der Waals surface area contributed by atoms with Gasteiger partial charge < -0.3 is 14.1 Å². The number of para-hydroxylation sites is 4. The van der Waals surface area contributed by atoms with Gasteiger partial charge in [-0.2, -0.15) is 0 Å². The van der Waals surface area contributed by atoms with Crippen LogP contribution in [-0.4, -0.2) is 14.1 Å². The second-order valence-electron chi connectivity index (χ2n) is 10.3. The monoisotopic (exact) mass is 497 g/mol. The Labute approximate surface area is 224 Å². The Hall–Kier alpha value is -5.28. The molecule has 0 radical (unpaired) electrons.